The highest BCUT2D eigenvalue weighted by Gasteiger charge is 2.09. The van der Waals surface area contributed by atoms with Crippen molar-refractivity contribution in [1.82, 2.24) is 9.97 Å². The molecule has 0 fully saturated rings. The van der Waals surface area contributed by atoms with Crippen LogP contribution in [0.15, 0.2) is 41.4 Å². The van der Waals surface area contributed by atoms with Gasteiger partial charge in [0.2, 0.25) is 0 Å². The largest absolute Gasteiger partial charge is 0.464 e. The topological polar surface area (TPSA) is 52.1 Å². The third kappa shape index (κ3) is 2.62. The van der Waals surface area contributed by atoms with Crippen LogP contribution < -0.4 is 0 Å². The Morgan fingerprint density at radius 3 is 2.59 bits per heavy atom. The van der Waals surface area contributed by atoms with Crippen molar-refractivity contribution in [3.8, 4) is 11.4 Å². The minimum absolute atomic E-state index is 0.243. The maximum Gasteiger partial charge on any atom is 0.356 e. The van der Waals surface area contributed by atoms with E-state index in [0.29, 0.717) is 5.82 Å². The highest BCUT2D eigenvalue weighted by Crippen LogP contribution is 2.17. The molecule has 1 heterocycles. The minimum atomic E-state index is -0.473. The standard InChI is InChI=1S/C12H10N2O2S/c1-16-12(15)10-6-7-13-11(14-10)8-2-4-9(17)5-3-8/h2-7,17H,1H3. The van der Waals surface area contributed by atoms with Crippen LogP contribution in [0.4, 0.5) is 0 Å². The number of nitrogens with zero attached hydrogens (tertiary/aromatic N) is 2. The first kappa shape index (κ1) is 11.6. The Balaban J connectivity index is 2.39. The molecular weight excluding hydrogens is 236 g/mol. The molecule has 4 nitrogen and oxygen atoms in total. The first-order chi connectivity index (χ1) is 8.20. The van der Waals surface area contributed by atoms with Crippen molar-refractivity contribution in [3.63, 3.8) is 0 Å². The number of aromatic nitrogens is 2. The number of hydrogen-bond acceptors (Lipinski definition) is 5. The van der Waals surface area contributed by atoms with Gasteiger partial charge in [0, 0.05) is 16.7 Å². The summed E-state index contributed by atoms with van der Waals surface area (Å²) in [6.07, 6.45) is 1.53. The number of carbonyl (C=O) groups is 1. The van der Waals surface area contributed by atoms with Crippen LogP contribution >= 0.6 is 12.6 Å². The van der Waals surface area contributed by atoms with Gasteiger partial charge >= 0.3 is 5.97 Å². The normalized spacial score (nSPS) is 10.0. The lowest BCUT2D eigenvalue weighted by molar-refractivity contribution is 0.0594. The Kier molecular flexibility index (Phi) is 3.39. The lowest BCUT2D eigenvalue weighted by atomic mass is 10.2. The van der Waals surface area contributed by atoms with Crippen molar-refractivity contribution in [2.24, 2.45) is 0 Å². The van der Waals surface area contributed by atoms with Gasteiger partial charge in [-0.05, 0) is 18.2 Å². The van der Waals surface area contributed by atoms with Crippen LogP contribution in [-0.4, -0.2) is 23.0 Å². The summed E-state index contributed by atoms with van der Waals surface area (Å²) in [7, 11) is 1.32. The zero-order valence-corrected chi connectivity index (χ0v) is 10.0. The number of carbonyl (C=O) groups excluding carboxylic acids is 1. The molecule has 5 heteroatoms. The average molecular weight is 246 g/mol. The van der Waals surface area contributed by atoms with E-state index in [4.69, 9.17) is 0 Å². The van der Waals surface area contributed by atoms with Gasteiger partial charge in [0.25, 0.3) is 0 Å². The van der Waals surface area contributed by atoms with Gasteiger partial charge in [-0.15, -0.1) is 12.6 Å². The number of esters is 1. The van der Waals surface area contributed by atoms with Crippen LogP contribution in [0.1, 0.15) is 10.5 Å². The van der Waals surface area contributed by atoms with Crippen LogP contribution in [0.2, 0.25) is 0 Å². The lowest BCUT2D eigenvalue weighted by Crippen LogP contribution is -2.05. The third-order valence-corrected chi connectivity index (χ3v) is 2.47. The summed E-state index contributed by atoms with van der Waals surface area (Å²) in [5, 5.41) is 0. The Bertz CT molecular complexity index is 540. The molecule has 0 bridgehead atoms. The zero-order valence-electron chi connectivity index (χ0n) is 9.12. The molecule has 0 aliphatic carbocycles. The fraction of sp³-hybridized carbons (Fsp3) is 0.0833. The summed E-state index contributed by atoms with van der Waals surface area (Å²) in [5.74, 6) is 0.0145. The van der Waals surface area contributed by atoms with Crippen LogP contribution in [0.3, 0.4) is 0 Å². The quantitative estimate of drug-likeness (QED) is 0.652. The van der Waals surface area contributed by atoms with E-state index in [1.807, 2.05) is 24.3 Å². The number of benzene rings is 1. The molecule has 0 unspecified atom stereocenters. The van der Waals surface area contributed by atoms with E-state index in [2.05, 4.69) is 27.3 Å². The van der Waals surface area contributed by atoms with E-state index in [1.54, 1.807) is 0 Å². The van der Waals surface area contributed by atoms with Gasteiger partial charge in [-0.25, -0.2) is 14.8 Å². The molecule has 0 saturated heterocycles. The van der Waals surface area contributed by atoms with Gasteiger partial charge in [-0.1, -0.05) is 12.1 Å². The van der Waals surface area contributed by atoms with Crippen LogP contribution in [0.5, 0.6) is 0 Å². The molecule has 2 aromatic rings. The van der Waals surface area contributed by atoms with Crippen LogP contribution in [0, 0.1) is 0 Å². The maximum atomic E-state index is 11.3. The summed E-state index contributed by atoms with van der Waals surface area (Å²) in [5.41, 5.74) is 1.07. The summed E-state index contributed by atoms with van der Waals surface area (Å²) >= 11 is 4.20. The molecule has 0 spiro atoms. The van der Waals surface area contributed by atoms with E-state index in [9.17, 15) is 4.79 Å². The van der Waals surface area contributed by atoms with Crippen molar-refractivity contribution < 1.29 is 9.53 Å². The number of rotatable bonds is 2. The fourth-order valence-electron chi connectivity index (χ4n) is 1.33. The maximum absolute atomic E-state index is 11.3. The van der Waals surface area contributed by atoms with Gasteiger partial charge < -0.3 is 4.74 Å². The van der Waals surface area contributed by atoms with Gasteiger partial charge in [-0.2, -0.15) is 0 Å². The van der Waals surface area contributed by atoms with E-state index >= 15 is 0 Å². The zero-order chi connectivity index (χ0) is 12.3. The Morgan fingerprint density at radius 1 is 1.24 bits per heavy atom. The molecule has 0 saturated carbocycles. The van der Waals surface area contributed by atoms with Crippen molar-refractivity contribution >= 4 is 18.6 Å². The summed E-state index contributed by atoms with van der Waals surface area (Å²) in [6, 6.07) is 8.89. The molecular formula is C12H10N2O2S. The minimum Gasteiger partial charge on any atom is -0.464 e. The second-order valence-electron chi connectivity index (χ2n) is 3.30. The first-order valence-electron chi connectivity index (χ1n) is 4.91. The molecule has 2 rings (SSSR count). The van der Waals surface area contributed by atoms with Gasteiger partial charge in [-0.3, -0.25) is 0 Å². The van der Waals surface area contributed by atoms with E-state index < -0.39 is 5.97 Å². The van der Waals surface area contributed by atoms with Gasteiger partial charge in [0.1, 0.15) is 0 Å². The predicted molar refractivity (Wildman–Crippen MR) is 66.1 cm³/mol. The van der Waals surface area contributed by atoms with E-state index in [0.717, 1.165) is 10.5 Å². The second kappa shape index (κ2) is 4.97. The molecule has 0 N–H and O–H groups in total. The predicted octanol–water partition coefficient (Wildman–Crippen LogP) is 2.22. The summed E-state index contributed by atoms with van der Waals surface area (Å²) < 4.78 is 4.60. The molecule has 0 aliphatic rings. The van der Waals surface area contributed by atoms with E-state index in [-0.39, 0.29) is 5.69 Å². The average Bonchev–Trinajstić information content (AvgIpc) is 2.39. The van der Waals surface area contributed by atoms with Crippen molar-refractivity contribution in [3.05, 3.63) is 42.2 Å². The van der Waals surface area contributed by atoms with Gasteiger partial charge in [0.05, 0.1) is 7.11 Å². The molecule has 1 aromatic heterocycles. The monoisotopic (exact) mass is 246 g/mol. The third-order valence-electron chi connectivity index (χ3n) is 2.18. The highest BCUT2D eigenvalue weighted by atomic mass is 32.1. The smallest absolute Gasteiger partial charge is 0.356 e. The lowest BCUT2D eigenvalue weighted by Gasteiger charge is -2.02. The first-order valence-corrected chi connectivity index (χ1v) is 5.36. The van der Waals surface area contributed by atoms with E-state index in [1.165, 1.54) is 19.4 Å². The molecule has 0 amide bonds. The second-order valence-corrected chi connectivity index (χ2v) is 3.82. The molecule has 86 valence electrons. The number of methoxy groups -OCH3 is 1. The molecule has 0 aliphatic heterocycles. The number of hydrogen-bond donors (Lipinski definition) is 1. The molecule has 1 aromatic carbocycles. The molecule has 17 heavy (non-hydrogen) atoms. The van der Waals surface area contributed by atoms with Gasteiger partial charge in [0.15, 0.2) is 11.5 Å². The SMILES string of the molecule is COC(=O)c1ccnc(-c2ccc(S)cc2)n1. The summed E-state index contributed by atoms with van der Waals surface area (Å²) in [6.45, 7) is 0. The Labute approximate surface area is 104 Å². The Morgan fingerprint density at radius 2 is 1.94 bits per heavy atom. The van der Waals surface area contributed by atoms with Crippen LogP contribution in [-0.2, 0) is 4.74 Å². The van der Waals surface area contributed by atoms with Crippen molar-refractivity contribution in [1.29, 1.82) is 0 Å². The molecule has 0 radical (unpaired) electrons. The number of thiol groups is 1. The fourth-order valence-corrected chi connectivity index (χ4v) is 1.48. The highest BCUT2D eigenvalue weighted by molar-refractivity contribution is 7.80. The van der Waals surface area contributed by atoms with Crippen molar-refractivity contribution in [2.45, 2.75) is 4.90 Å². The number of ether oxygens (including phenoxy) is 1. The molecule has 0 atom stereocenters. The Hall–Kier alpha value is -1.88. The van der Waals surface area contributed by atoms with Crippen LogP contribution in [0.25, 0.3) is 11.4 Å². The van der Waals surface area contributed by atoms with Crippen molar-refractivity contribution in [2.75, 3.05) is 7.11 Å². The summed E-state index contributed by atoms with van der Waals surface area (Å²) in [4.78, 5) is 20.4.